The van der Waals surface area contributed by atoms with Gasteiger partial charge in [-0.3, -0.25) is 0 Å². The van der Waals surface area contributed by atoms with Crippen molar-refractivity contribution in [2.75, 3.05) is 5.33 Å². The van der Waals surface area contributed by atoms with Crippen LogP contribution in [-0.4, -0.2) is 30.6 Å². The predicted octanol–water partition coefficient (Wildman–Crippen LogP) is 5.72. The number of hydrogen-bond donors (Lipinski definition) is 1. The van der Waals surface area contributed by atoms with Crippen LogP contribution in [0.3, 0.4) is 0 Å². The molecule has 0 aliphatic heterocycles. The molecule has 0 saturated carbocycles. The van der Waals surface area contributed by atoms with E-state index in [2.05, 4.69) is 36.6 Å². The molecule has 0 saturated heterocycles. The van der Waals surface area contributed by atoms with Gasteiger partial charge in [-0.15, -0.1) is 0 Å². The number of sulfonamides is 1. The van der Waals surface area contributed by atoms with Gasteiger partial charge in [0.05, 0.1) is 4.90 Å². The molecule has 0 bridgehead atoms. The van der Waals surface area contributed by atoms with E-state index < -0.39 is 27.7 Å². The summed E-state index contributed by atoms with van der Waals surface area (Å²) in [7, 11) is -3.98. The highest BCUT2D eigenvalue weighted by molar-refractivity contribution is 9.12. The number of halogens is 2. The van der Waals surface area contributed by atoms with Crippen LogP contribution in [0, 0.1) is 26.7 Å². The first-order chi connectivity index (χ1) is 17.4. The molecule has 10 heteroatoms. The molecule has 3 unspecified atom stereocenters. The maximum absolute atomic E-state index is 13.5. The minimum absolute atomic E-state index is 0.0447. The van der Waals surface area contributed by atoms with Gasteiger partial charge in [0.15, 0.2) is 0 Å². The molecule has 0 fully saturated rings. The summed E-state index contributed by atoms with van der Waals surface area (Å²) >= 11 is 7.07. The zero-order chi connectivity index (χ0) is 27.5. The largest absolute Gasteiger partial charge is 0.425 e. The maximum Gasteiger partial charge on any atom is 0.336 e. The van der Waals surface area contributed by atoms with Gasteiger partial charge in [-0.05, 0) is 62.4 Å². The van der Waals surface area contributed by atoms with Crippen molar-refractivity contribution in [1.82, 2.24) is 4.72 Å². The average Bonchev–Trinajstić information content (AvgIpc) is 2.85. The summed E-state index contributed by atoms with van der Waals surface area (Å²) in [6.45, 7) is 9.08. The van der Waals surface area contributed by atoms with Crippen LogP contribution < -0.4 is 15.1 Å². The molecule has 3 aromatic rings. The summed E-state index contributed by atoms with van der Waals surface area (Å²) in [6.07, 6.45) is 1.06. The van der Waals surface area contributed by atoms with Crippen molar-refractivity contribution >= 4 is 58.8 Å². The van der Waals surface area contributed by atoms with Crippen LogP contribution >= 0.6 is 31.9 Å². The van der Waals surface area contributed by atoms with Crippen LogP contribution in [0.1, 0.15) is 42.5 Å². The van der Waals surface area contributed by atoms with E-state index in [4.69, 9.17) is 9.15 Å². The Morgan fingerprint density at radius 3 is 2.38 bits per heavy atom. The van der Waals surface area contributed by atoms with Crippen LogP contribution in [0.25, 0.3) is 11.0 Å². The van der Waals surface area contributed by atoms with Gasteiger partial charge in [-0.25, -0.2) is 18.0 Å². The molecule has 1 N–H and O–H groups in total. The number of fused-ring (bicyclic) bond motifs is 1. The summed E-state index contributed by atoms with van der Waals surface area (Å²) in [5.41, 5.74) is 2.75. The molecule has 2 aromatic carbocycles. The molecule has 7 nitrogen and oxygen atoms in total. The zero-order valence-electron chi connectivity index (χ0n) is 21.4. The number of rotatable bonds is 10. The lowest BCUT2D eigenvalue weighted by Crippen LogP contribution is -2.47. The summed E-state index contributed by atoms with van der Waals surface area (Å²) in [4.78, 5) is 25.7. The van der Waals surface area contributed by atoms with Crippen molar-refractivity contribution in [3.63, 3.8) is 0 Å². The van der Waals surface area contributed by atoms with E-state index in [-0.39, 0.29) is 21.4 Å². The molecule has 0 aliphatic carbocycles. The lowest BCUT2D eigenvalue weighted by atomic mass is 9.98. The molecular weight excluding hydrogens is 626 g/mol. The Balaban J connectivity index is 2.06. The lowest BCUT2D eigenvalue weighted by Gasteiger charge is -2.24. The number of aryl methyl sites for hydroxylation is 3. The van der Waals surface area contributed by atoms with Gasteiger partial charge in [0.25, 0.3) is 0 Å². The number of benzene rings is 2. The van der Waals surface area contributed by atoms with E-state index in [9.17, 15) is 18.0 Å². The van der Waals surface area contributed by atoms with Gasteiger partial charge < -0.3 is 9.15 Å². The van der Waals surface area contributed by atoms with E-state index >= 15 is 0 Å². The third-order valence-corrected chi connectivity index (χ3v) is 10.1. The first kappa shape index (κ1) is 29.5. The summed E-state index contributed by atoms with van der Waals surface area (Å²) in [5, 5.41) is 1.41. The molecule has 0 amide bonds. The van der Waals surface area contributed by atoms with Gasteiger partial charge in [-0.2, -0.15) is 4.72 Å². The van der Waals surface area contributed by atoms with Crippen molar-refractivity contribution < 1.29 is 22.4 Å². The summed E-state index contributed by atoms with van der Waals surface area (Å²) in [6, 6.07) is 8.56. The molecule has 1 heterocycles. The average molecular weight is 657 g/mol. The first-order valence-corrected chi connectivity index (χ1v) is 15.5. The highest BCUT2D eigenvalue weighted by Crippen LogP contribution is 2.35. The van der Waals surface area contributed by atoms with E-state index in [1.807, 2.05) is 26.8 Å². The number of carbonyl (C=O) groups is 1. The second kappa shape index (κ2) is 12.2. The van der Waals surface area contributed by atoms with Crippen LogP contribution in [0.4, 0.5) is 0 Å². The standard InChI is InChI=1S/C27H31Br2NO6S/c1-6-16(3)24(30-37(33,34)21-9-7-15(2)8-10-21)27(32)36-25-18(5)26-22(17(4)11-23(31)35-26)13-19(25)12-20(29)14-28/h7-11,13,16,20,24,30H,6,12,14H2,1-5H3. The number of hydrogen-bond acceptors (Lipinski definition) is 6. The topological polar surface area (TPSA) is 103 Å². The Labute approximate surface area is 234 Å². The number of nitrogens with one attached hydrogen (secondary N) is 1. The molecule has 200 valence electrons. The molecular formula is C27H31Br2NO6S. The second-order valence-corrected chi connectivity index (χ2v) is 12.9. The third-order valence-electron chi connectivity index (χ3n) is 6.39. The van der Waals surface area contributed by atoms with Crippen molar-refractivity contribution in [3.8, 4) is 5.75 Å². The van der Waals surface area contributed by atoms with Crippen LogP contribution in [-0.2, 0) is 21.2 Å². The number of carbonyl (C=O) groups excluding carboxylic acids is 1. The quantitative estimate of drug-likeness (QED) is 0.130. The Kier molecular flexibility index (Phi) is 9.77. The van der Waals surface area contributed by atoms with Crippen molar-refractivity contribution in [3.05, 3.63) is 69.1 Å². The van der Waals surface area contributed by atoms with Gasteiger partial charge >= 0.3 is 11.6 Å². The van der Waals surface area contributed by atoms with Crippen LogP contribution in [0.15, 0.2) is 50.5 Å². The molecule has 37 heavy (non-hydrogen) atoms. The van der Waals surface area contributed by atoms with Crippen LogP contribution in [0.5, 0.6) is 5.75 Å². The molecule has 0 spiro atoms. The summed E-state index contributed by atoms with van der Waals surface area (Å²) in [5.74, 6) is -0.809. The van der Waals surface area contributed by atoms with E-state index in [0.717, 1.165) is 22.1 Å². The summed E-state index contributed by atoms with van der Waals surface area (Å²) < 4.78 is 40.2. The minimum atomic E-state index is -3.98. The number of ether oxygens (including phenoxy) is 1. The fourth-order valence-corrected chi connectivity index (χ4v) is 5.87. The second-order valence-electron chi connectivity index (χ2n) is 9.29. The first-order valence-electron chi connectivity index (χ1n) is 12.0. The Morgan fingerprint density at radius 2 is 1.78 bits per heavy atom. The number of esters is 1. The molecule has 0 aliphatic rings. The third kappa shape index (κ3) is 6.90. The Hall–Kier alpha value is -2.01. The van der Waals surface area contributed by atoms with Gasteiger partial charge in [0.1, 0.15) is 17.4 Å². The van der Waals surface area contributed by atoms with E-state index in [0.29, 0.717) is 29.3 Å². The van der Waals surface area contributed by atoms with Gasteiger partial charge in [0, 0.05) is 27.2 Å². The highest BCUT2D eigenvalue weighted by atomic mass is 79.9. The SMILES string of the molecule is CCC(C)C(NS(=O)(=O)c1ccc(C)cc1)C(=O)Oc1c(CC(Br)CBr)cc2c(C)cc(=O)oc2c1C. The number of alkyl halides is 2. The van der Waals surface area contributed by atoms with Crippen molar-refractivity contribution in [1.29, 1.82) is 0 Å². The monoisotopic (exact) mass is 655 g/mol. The lowest BCUT2D eigenvalue weighted by molar-refractivity contribution is -0.137. The zero-order valence-corrected chi connectivity index (χ0v) is 25.4. The fourth-order valence-electron chi connectivity index (χ4n) is 4.00. The minimum Gasteiger partial charge on any atom is -0.425 e. The Morgan fingerprint density at radius 1 is 1.14 bits per heavy atom. The highest BCUT2D eigenvalue weighted by Gasteiger charge is 2.32. The molecule has 1 aromatic heterocycles. The van der Waals surface area contributed by atoms with Gasteiger partial charge in [-0.1, -0.05) is 69.8 Å². The van der Waals surface area contributed by atoms with E-state index in [1.165, 1.54) is 18.2 Å². The van der Waals surface area contributed by atoms with E-state index in [1.54, 1.807) is 26.0 Å². The molecule has 3 atom stereocenters. The van der Waals surface area contributed by atoms with Gasteiger partial charge in [0.2, 0.25) is 10.0 Å². The smallest absolute Gasteiger partial charge is 0.336 e. The molecule has 3 rings (SSSR count). The van der Waals surface area contributed by atoms with Crippen LogP contribution in [0.2, 0.25) is 0 Å². The van der Waals surface area contributed by atoms with Crippen molar-refractivity contribution in [2.45, 2.75) is 63.2 Å². The fraction of sp³-hybridized carbons (Fsp3) is 0.407. The normalized spacial score (nSPS) is 14.4. The Bertz CT molecular complexity index is 1450. The predicted molar refractivity (Wildman–Crippen MR) is 153 cm³/mol. The van der Waals surface area contributed by atoms with Crippen molar-refractivity contribution in [2.24, 2.45) is 5.92 Å². The molecule has 0 radical (unpaired) electrons. The maximum atomic E-state index is 13.5.